The minimum Gasteiger partial charge on any atom is -0.364 e. The second kappa shape index (κ2) is 6.50. The largest absolute Gasteiger partial charge is 0.364 e. The Bertz CT molecular complexity index is 443. The SMILES string of the molecule is Cl.Cl.Cl.NC(=O)c1ccc2cnccn12. The van der Waals surface area contributed by atoms with Gasteiger partial charge in [-0.25, -0.2) is 0 Å². The van der Waals surface area contributed by atoms with Crippen molar-refractivity contribution in [2.75, 3.05) is 0 Å². The Balaban J connectivity index is 0. The number of carbonyl (C=O) groups is 1. The van der Waals surface area contributed by atoms with Crippen LogP contribution in [0.2, 0.25) is 0 Å². The third kappa shape index (κ3) is 2.99. The zero-order chi connectivity index (χ0) is 8.55. The number of hydrogen-bond acceptors (Lipinski definition) is 2. The summed E-state index contributed by atoms with van der Waals surface area (Å²) in [6.07, 6.45) is 4.99. The predicted octanol–water partition coefficient (Wildman–Crippen LogP) is 1.70. The molecular weight excluding hydrogens is 260 g/mol. The summed E-state index contributed by atoms with van der Waals surface area (Å²) in [5, 5.41) is 0. The van der Waals surface area contributed by atoms with Crippen LogP contribution in [0.4, 0.5) is 0 Å². The van der Waals surface area contributed by atoms with Crippen molar-refractivity contribution in [3.8, 4) is 0 Å². The van der Waals surface area contributed by atoms with E-state index in [0.717, 1.165) is 5.52 Å². The third-order valence-electron chi connectivity index (χ3n) is 1.71. The number of carbonyl (C=O) groups excluding carboxylic acids is 1. The summed E-state index contributed by atoms with van der Waals surface area (Å²) in [6.45, 7) is 0. The molecule has 0 unspecified atom stereocenters. The van der Waals surface area contributed by atoms with E-state index < -0.39 is 5.91 Å². The molecule has 0 radical (unpaired) electrons. The second-order valence-electron chi connectivity index (χ2n) is 2.45. The molecule has 0 saturated heterocycles. The Morgan fingerprint density at radius 3 is 2.53 bits per heavy atom. The summed E-state index contributed by atoms with van der Waals surface area (Å²) >= 11 is 0. The Kier molecular flexibility index (Phi) is 7.13. The Morgan fingerprint density at radius 1 is 1.27 bits per heavy atom. The molecule has 7 heteroatoms. The molecule has 1 amide bonds. The lowest BCUT2D eigenvalue weighted by Gasteiger charge is -1.95. The zero-order valence-corrected chi connectivity index (χ0v) is 9.94. The molecule has 0 aliphatic carbocycles. The Hall–Kier alpha value is -0.970. The van der Waals surface area contributed by atoms with Crippen LogP contribution in [0.5, 0.6) is 0 Å². The van der Waals surface area contributed by atoms with Crippen LogP contribution in [-0.4, -0.2) is 15.3 Å². The maximum atomic E-state index is 10.9. The molecule has 0 saturated carbocycles. The van der Waals surface area contributed by atoms with Crippen molar-refractivity contribution >= 4 is 48.6 Å². The van der Waals surface area contributed by atoms with Gasteiger partial charge >= 0.3 is 0 Å². The van der Waals surface area contributed by atoms with Crippen LogP contribution in [0.25, 0.3) is 5.52 Å². The number of hydrogen-bond donors (Lipinski definition) is 1. The molecule has 0 atom stereocenters. The van der Waals surface area contributed by atoms with Crippen LogP contribution in [0.3, 0.4) is 0 Å². The van der Waals surface area contributed by atoms with E-state index in [-0.39, 0.29) is 37.2 Å². The van der Waals surface area contributed by atoms with Crippen LogP contribution in [0.1, 0.15) is 10.5 Å². The number of fused-ring (bicyclic) bond motifs is 1. The first kappa shape index (κ1) is 16.5. The molecule has 2 rings (SSSR count). The van der Waals surface area contributed by atoms with Gasteiger partial charge in [0.25, 0.3) is 5.91 Å². The van der Waals surface area contributed by atoms with E-state index in [2.05, 4.69) is 4.98 Å². The number of rotatable bonds is 1. The number of aromatic nitrogens is 2. The Morgan fingerprint density at radius 2 is 1.93 bits per heavy atom. The van der Waals surface area contributed by atoms with E-state index in [1.807, 2.05) is 0 Å². The summed E-state index contributed by atoms with van der Waals surface area (Å²) in [5.41, 5.74) is 6.49. The number of primary amides is 1. The van der Waals surface area contributed by atoms with Gasteiger partial charge in [-0.05, 0) is 12.1 Å². The van der Waals surface area contributed by atoms with Gasteiger partial charge in [-0.15, -0.1) is 37.2 Å². The molecule has 15 heavy (non-hydrogen) atoms. The molecule has 0 aliphatic heterocycles. The van der Waals surface area contributed by atoms with Crippen LogP contribution in [0.15, 0.2) is 30.7 Å². The van der Waals surface area contributed by atoms with Crippen LogP contribution in [0, 0.1) is 0 Å². The summed E-state index contributed by atoms with van der Waals surface area (Å²) in [6, 6.07) is 3.48. The second-order valence-corrected chi connectivity index (χ2v) is 2.45. The minimum atomic E-state index is -0.429. The van der Waals surface area contributed by atoms with Crippen LogP contribution < -0.4 is 5.73 Å². The van der Waals surface area contributed by atoms with Gasteiger partial charge < -0.3 is 10.1 Å². The maximum Gasteiger partial charge on any atom is 0.265 e. The van der Waals surface area contributed by atoms with Gasteiger partial charge in [0, 0.05) is 12.4 Å². The number of amides is 1. The first-order valence-corrected chi connectivity index (χ1v) is 3.50. The summed E-state index contributed by atoms with van der Waals surface area (Å²) in [7, 11) is 0. The topological polar surface area (TPSA) is 60.4 Å². The van der Waals surface area contributed by atoms with E-state index in [9.17, 15) is 4.79 Å². The monoisotopic (exact) mass is 269 g/mol. The molecule has 2 N–H and O–H groups in total. The lowest BCUT2D eigenvalue weighted by atomic mass is 10.4. The van der Waals surface area contributed by atoms with Gasteiger partial charge in [-0.3, -0.25) is 9.78 Å². The Labute approximate surface area is 105 Å². The molecule has 0 aromatic carbocycles. The van der Waals surface area contributed by atoms with Crippen molar-refractivity contribution in [1.82, 2.24) is 9.38 Å². The quantitative estimate of drug-likeness (QED) is 0.857. The van der Waals surface area contributed by atoms with Gasteiger partial charge in [0.05, 0.1) is 11.7 Å². The van der Waals surface area contributed by atoms with Crippen LogP contribution in [-0.2, 0) is 0 Å². The fourth-order valence-corrected chi connectivity index (χ4v) is 1.16. The first-order valence-electron chi connectivity index (χ1n) is 3.50. The van der Waals surface area contributed by atoms with Gasteiger partial charge in [-0.1, -0.05) is 0 Å². The van der Waals surface area contributed by atoms with Gasteiger partial charge in [0.2, 0.25) is 0 Å². The average Bonchev–Trinajstić information content (AvgIpc) is 2.47. The highest BCUT2D eigenvalue weighted by molar-refractivity contribution is 5.92. The highest BCUT2D eigenvalue weighted by Crippen LogP contribution is 2.06. The molecule has 4 nitrogen and oxygen atoms in total. The van der Waals surface area contributed by atoms with Crippen molar-refractivity contribution in [2.45, 2.75) is 0 Å². The molecule has 84 valence electrons. The van der Waals surface area contributed by atoms with E-state index in [1.165, 1.54) is 0 Å². The molecular formula is C8H10Cl3N3O. The van der Waals surface area contributed by atoms with Crippen molar-refractivity contribution in [3.05, 3.63) is 36.4 Å². The molecule has 2 aromatic heterocycles. The average molecular weight is 271 g/mol. The van der Waals surface area contributed by atoms with Gasteiger partial charge in [-0.2, -0.15) is 0 Å². The third-order valence-corrected chi connectivity index (χ3v) is 1.71. The highest BCUT2D eigenvalue weighted by Gasteiger charge is 2.04. The molecule has 2 aromatic rings. The highest BCUT2D eigenvalue weighted by atomic mass is 35.5. The van der Waals surface area contributed by atoms with Crippen molar-refractivity contribution < 1.29 is 4.79 Å². The maximum absolute atomic E-state index is 10.9. The summed E-state index contributed by atoms with van der Waals surface area (Å²) in [5.74, 6) is -0.429. The number of nitrogens with zero attached hydrogens (tertiary/aromatic N) is 2. The molecule has 0 bridgehead atoms. The molecule has 0 fully saturated rings. The van der Waals surface area contributed by atoms with Crippen LogP contribution >= 0.6 is 37.2 Å². The van der Waals surface area contributed by atoms with Crippen molar-refractivity contribution in [3.63, 3.8) is 0 Å². The zero-order valence-electron chi connectivity index (χ0n) is 7.49. The van der Waals surface area contributed by atoms with Gasteiger partial charge in [0.15, 0.2) is 0 Å². The van der Waals surface area contributed by atoms with E-state index in [1.54, 1.807) is 35.1 Å². The van der Waals surface area contributed by atoms with Crippen molar-refractivity contribution in [1.29, 1.82) is 0 Å². The van der Waals surface area contributed by atoms with Crippen molar-refractivity contribution in [2.24, 2.45) is 5.73 Å². The van der Waals surface area contributed by atoms with E-state index in [0.29, 0.717) is 5.69 Å². The number of nitrogens with two attached hydrogens (primary N) is 1. The summed E-state index contributed by atoms with van der Waals surface area (Å²) < 4.78 is 1.70. The normalized spacial score (nSPS) is 8.27. The minimum absolute atomic E-state index is 0. The van der Waals surface area contributed by atoms with E-state index >= 15 is 0 Å². The standard InChI is InChI=1S/C8H7N3O.3ClH/c9-8(12)7-2-1-6-5-10-3-4-11(6)7;;;/h1-5H,(H2,9,12);3*1H. The number of halogens is 3. The fourth-order valence-electron chi connectivity index (χ4n) is 1.16. The smallest absolute Gasteiger partial charge is 0.265 e. The molecule has 2 heterocycles. The lowest BCUT2D eigenvalue weighted by molar-refractivity contribution is 0.0995. The van der Waals surface area contributed by atoms with E-state index in [4.69, 9.17) is 5.73 Å². The first-order chi connectivity index (χ1) is 5.79. The summed E-state index contributed by atoms with van der Waals surface area (Å²) in [4.78, 5) is 14.8. The fraction of sp³-hybridized carbons (Fsp3) is 0. The predicted molar refractivity (Wildman–Crippen MR) is 65.5 cm³/mol. The molecule has 0 spiro atoms. The molecule has 0 aliphatic rings. The van der Waals surface area contributed by atoms with Gasteiger partial charge in [0.1, 0.15) is 5.69 Å². The lowest BCUT2D eigenvalue weighted by Crippen LogP contribution is -2.13.